The van der Waals surface area contributed by atoms with Crippen molar-refractivity contribution in [3.8, 4) is 0 Å². The monoisotopic (exact) mass is 275 g/mol. The molecule has 0 radical (unpaired) electrons. The van der Waals surface area contributed by atoms with E-state index in [1.165, 1.54) is 32.1 Å². The molecule has 2 rings (SSSR count). The number of hydrogen-bond acceptors (Lipinski definition) is 2. The second-order valence-electron chi connectivity index (χ2n) is 6.03. The van der Waals surface area contributed by atoms with Crippen LogP contribution in [-0.2, 0) is 17.8 Å². The van der Waals surface area contributed by atoms with Crippen LogP contribution >= 0.6 is 0 Å². The van der Waals surface area contributed by atoms with Crippen LogP contribution in [0.4, 0.5) is 0 Å². The van der Waals surface area contributed by atoms with E-state index in [1.807, 2.05) is 24.3 Å². The van der Waals surface area contributed by atoms with Crippen molar-refractivity contribution < 1.29 is 9.90 Å². The van der Waals surface area contributed by atoms with Gasteiger partial charge < -0.3 is 10.4 Å². The molecule has 0 amide bonds. The predicted molar refractivity (Wildman–Crippen MR) is 80.7 cm³/mol. The van der Waals surface area contributed by atoms with E-state index in [0.29, 0.717) is 6.04 Å². The maximum Gasteiger partial charge on any atom is 0.307 e. The van der Waals surface area contributed by atoms with Crippen LogP contribution in [0.1, 0.15) is 50.2 Å². The third kappa shape index (κ3) is 4.64. The van der Waals surface area contributed by atoms with Gasteiger partial charge in [-0.25, -0.2) is 0 Å². The van der Waals surface area contributed by atoms with Crippen molar-refractivity contribution >= 4 is 5.97 Å². The fourth-order valence-corrected chi connectivity index (χ4v) is 3.01. The Morgan fingerprint density at radius 3 is 2.70 bits per heavy atom. The molecular formula is C17H25NO2. The highest BCUT2D eigenvalue weighted by Gasteiger charge is 2.16. The minimum Gasteiger partial charge on any atom is -0.481 e. The number of rotatable bonds is 5. The van der Waals surface area contributed by atoms with E-state index >= 15 is 0 Å². The molecule has 3 nitrogen and oxygen atoms in total. The molecule has 0 aromatic heterocycles. The highest BCUT2D eigenvalue weighted by atomic mass is 16.4. The Bertz CT molecular complexity index is 444. The summed E-state index contributed by atoms with van der Waals surface area (Å²) in [6.45, 7) is 3.12. The van der Waals surface area contributed by atoms with Crippen LogP contribution in [0.2, 0.25) is 0 Å². The molecule has 110 valence electrons. The first-order chi connectivity index (χ1) is 9.65. The van der Waals surface area contributed by atoms with Gasteiger partial charge >= 0.3 is 5.97 Å². The number of hydrogen-bond donors (Lipinski definition) is 2. The molecule has 20 heavy (non-hydrogen) atoms. The smallest absolute Gasteiger partial charge is 0.307 e. The van der Waals surface area contributed by atoms with Crippen LogP contribution < -0.4 is 5.32 Å². The average molecular weight is 275 g/mol. The fourth-order valence-electron chi connectivity index (χ4n) is 3.01. The number of carboxylic acids is 1. The lowest BCUT2D eigenvalue weighted by atomic mass is 10.0. The maximum atomic E-state index is 10.9. The summed E-state index contributed by atoms with van der Waals surface area (Å²) in [5.41, 5.74) is 2.04. The van der Waals surface area contributed by atoms with E-state index in [4.69, 9.17) is 5.11 Å². The van der Waals surface area contributed by atoms with Crippen LogP contribution in [0.3, 0.4) is 0 Å². The average Bonchev–Trinajstić information content (AvgIpc) is 2.62. The van der Waals surface area contributed by atoms with E-state index in [1.54, 1.807) is 0 Å². The normalized spacial score (nSPS) is 23.2. The molecule has 3 heteroatoms. The van der Waals surface area contributed by atoms with Crippen molar-refractivity contribution in [2.45, 2.75) is 58.0 Å². The lowest BCUT2D eigenvalue weighted by molar-refractivity contribution is -0.136. The predicted octanol–water partition coefficient (Wildman–Crippen LogP) is 3.37. The van der Waals surface area contributed by atoms with Crippen molar-refractivity contribution in [2.24, 2.45) is 5.92 Å². The summed E-state index contributed by atoms with van der Waals surface area (Å²) in [5, 5.41) is 12.6. The van der Waals surface area contributed by atoms with Gasteiger partial charge in [0.15, 0.2) is 0 Å². The van der Waals surface area contributed by atoms with Crippen LogP contribution in [0.15, 0.2) is 24.3 Å². The molecule has 0 bridgehead atoms. The Morgan fingerprint density at radius 1 is 1.20 bits per heavy atom. The maximum absolute atomic E-state index is 10.9. The minimum atomic E-state index is -0.763. The van der Waals surface area contributed by atoms with E-state index in [0.717, 1.165) is 23.6 Å². The molecule has 2 N–H and O–H groups in total. The number of carboxylic acid groups (broad SMARTS) is 1. The molecule has 1 fully saturated rings. The van der Waals surface area contributed by atoms with Crippen molar-refractivity contribution in [1.29, 1.82) is 0 Å². The first-order valence-electron chi connectivity index (χ1n) is 7.67. The van der Waals surface area contributed by atoms with Gasteiger partial charge in [-0.05, 0) is 36.3 Å². The molecule has 0 spiro atoms. The van der Waals surface area contributed by atoms with Crippen LogP contribution in [-0.4, -0.2) is 17.1 Å². The molecule has 1 aliphatic carbocycles. The third-order valence-corrected chi connectivity index (χ3v) is 4.30. The van der Waals surface area contributed by atoms with Gasteiger partial charge in [0, 0.05) is 12.6 Å². The van der Waals surface area contributed by atoms with Gasteiger partial charge in [0.1, 0.15) is 0 Å². The topological polar surface area (TPSA) is 49.3 Å². The lowest BCUT2D eigenvalue weighted by Crippen LogP contribution is -2.28. The van der Waals surface area contributed by atoms with E-state index < -0.39 is 5.97 Å². The first-order valence-corrected chi connectivity index (χ1v) is 7.67. The van der Waals surface area contributed by atoms with Gasteiger partial charge in [0.2, 0.25) is 0 Å². The summed E-state index contributed by atoms with van der Waals surface area (Å²) < 4.78 is 0. The van der Waals surface area contributed by atoms with Gasteiger partial charge in [-0.15, -0.1) is 0 Å². The summed E-state index contributed by atoms with van der Waals surface area (Å²) in [5.74, 6) is 0.0850. The minimum absolute atomic E-state index is 0.111. The van der Waals surface area contributed by atoms with Crippen LogP contribution in [0, 0.1) is 5.92 Å². The van der Waals surface area contributed by atoms with Gasteiger partial charge in [0.25, 0.3) is 0 Å². The first kappa shape index (κ1) is 15.0. The molecule has 1 aromatic carbocycles. The summed E-state index contributed by atoms with van der Waals surface area (Å²) in [4.78, 5) is 10.9. The van der Waals surface area contributed by atoms with E-state index in [-0.39, 0.29) is 6.42 Å². The number of nitrogens with one attached hydrogen (secondary N) is 1. The zero-order chi connectivity index (χ0) is 14.4. The largest absolute Gasteiger partial charge is 0.481 e. The van der Waals surface area contributed by atoms with Crippen LogP contribution in [0.5, 0.6) is 0 Å². The Hall–Kier alpha value is -1.35. The standard InChI is InChI=1S/C17H25NO2/c1-13-5-4-8-16(10-9-13)18-12-15-7-3-2-6-14(15)11-17(19)20/h2-3,6-7,13,16,18H,4-5,8-12H2,1H3,(H,19,20). The third-order valence-electron chi connectivity index (χ3n) is 4.30. The lowest BCUT2D eigenvalue weighted by Gasteiger charge is -2.17. The number of benzene rings is 1. The van der Waals surface area contributed by atoms with E-state index in [2.05, 4.69) is 12.2 Å². The SMILES string of the molecule is CC1CCCC(NCc2ccccc2CC(=O)O)CC1. The van der Waals surface area contributed by atoms with Gasteiger partial charge in [-0.1, -0.05) is 44.0 Å². The second-order valence-corrected chi connectivity index (χ2v) is 6.03. The molecule has 2 atom stereocenters. The van der Waals surface area contributed by atoms with Crippen molar-refractivity contribution in [3.05, 3.63) is 35.4 Å². The number of carbonyl (C=O) groups is 1. The molecule has 0 saturated heterocycles. The van der Waals surface area contributed by atoms with Gasteiger partial charge in [-0.3, -0.25) is 4.79 Å². The summed E-state index contributed by atoms with van der Waals surface area (Å²) in [6.07, 6.45) is 6.53. The second kappa shape index (κ2) is 7.44. The highest BCUT2D eigenvalue weighted by molar-refractivity contribution is 5.70. The Balaban J connectivity index is 1.91. The molecule has 2 unspecified atom stereocenters. The fraction of sp³-hybridized carbons (Fsp3) is 0.588. The van der Waals surface area contributed by atoms with Gasteiger partial charge in [-0.2, -0.15) is 0 Å². The number of aliphatic carboxylic acids is 1. The zero-order valence-electron chi connectivity index (χ0n) is 12.3. The summed E-state index contributed by atoms with van der Waals surface area (Å²) >= 11 is 0. The molecule has 1 aromatic rings. The van der Waals surface area contributed by atoms with Crippen LogP contribution in [0.25, 0.3) is 0 Å². The Kier molecular flexibility index (Phi) is 5.60. The van der Waals surface area contributed by atoms with E-state index in [9.17, 15) is 4.79 Å². The van der Waals surface area contributed by atoms with Crippen molar-refractivity contribution in [1.82, 2.24) is 5.32 Å². The molecule has 0 aliphatic heterocycles. The molecule has 0 heterocycles. The Morgan fingerprint density at radius 2 is 1.95 bits per heavy atom. The van der Waals surface area contributed by atoms with Gasteiger partial charge in [0.05, 0.1) is 6.42 Å². The molecule has 1 aliphatic rings. The zero-order valence-corrected chi connectivity index (χ0v) is 12.3. The summed E-state index contributed by atoms with van der Waals surface area (Å²) in [6, 6.07) is 8.43. The van der Waals surface area contributed by atoms with Crippen molar-refractivity contribution in [3.63, 3.8) is 0 Å². The molecule has 1 saturated carbocycles. The molecular weight excluding hydrogens is 250 g/mol. The summed E-state index contributed by atoms with van der Waals surface area (Å²) in [7, 11) is 0. The Labute approximate surface area is 121 Å². The quantitative estimate of drug-likeness (QED) is 0.810. The highest BCUT2D eigenvalue weighted by Crippen LogP contribution is 2.23. The van der Waals surface area contributed by atoms with Crippen molar-refractivity contribution in [2.75, 3.05) is 0 Å².